The molecule has 2 fully saturated rings. The highest BCUT2D eigenvalue weighted by Gasteiger charge is 2.47. The largest absolute Gasteiger partial charge is 0.370 e. The predicted molar refractivity (Wildman–Crippen MR) is 36.2 cm³/mol. The highest BCUT2D eigenvalue weighted by atomic mass is 16.6. The first kappa shape index (κ1) is 5.48. The number of allylic oxidation sites excluding steroid dienone is 1. The second-order valence-electron chi connectivity index (χ2n) is 3.07. The van der Waals surface area contributed by atoms with Crippen molar-refractivity contribution in [2.75, 3.05) is 0 Å². The smallest absolute Gasteiger partial charge is 0.0844 e. The fourth-order valence-electron chi connectivity index (χ4n) is 1.78. The van der Waals surface area contributed by atoms with Crippen LogP contribution in [-0.2, 0) is 4.74 Å². The summed E-state index contributed by atoms with van der Waals surface area (Å²) >= 11 is 0. The van der Waals surface area contributed by atoms with Crippen LogP contribution in [-0.4, -0.2) is 12.2 Å². The molecule has 50 valence electrons. The summed E-state index contributed by atoms with van der Waals surface area (Å²) in [6.07, 6.45) is 7.09. The summed E-state index contributed by atoms with van der Waals surface area (Å²) in [7, 11) is 0. The van der Waals surface area contributed by atoms with Gasteiger partial charge in [-0.05, 0) is 25.2 Å². The van der Waals surface area contributed by atoms with Crippen LogP contribution in [0.3, 0.4) is 0 Å². The van der Waals surface area contributed by atoms with Gasteiger partial charge in [-0.15, -0.1) is 6.58 Å². The van der Waals surface area contributed by atoms with Crippen LogP contribution in [0, 0.1) is 5.92 Å². The predicted octanol–water partition coefficient (Wildman–Crippen LogP) is 1.74. The molecule has 0 amide bonds. The molecule has 0 bridgehead atoms. The molecule has 0 radical (unpaired) electrons. The second kappa shape index (κ2) is 1.84. The molecule has 0 aromatic rings. The average molecular weight is 124 g/mol. The van der Waals surface area contributed by atoms with E-state index < -0.39 is 0 Å². The highest BCUT2D eigenvalue weighted by molar-refractivity contribution is 4.97. The van der Waals surface area contributed by atoms with Crippen LogP contribution in [0.25, 0.3) is 0 Å². The molecule has 1 heterocycles. The number of hydrogen-bond donors (Lipinski definition) is 0. The third-order valence-electron chi connectivity index (χ3n) is 2.32. The highest BCUT2D eigenvalue weighted by Crippen LogP contribution is 2.43. The van der Waals surface area contributed by atoms with Crippen molar-refractivity contribution in [2.45, 2.75) is 31.5 Å². The molecule has 1 saturated heterocycles. The van der Waals surface area contributed by atoms with Crippen molar-refractivity contribution in [1.29, 1.82) is 0 Å². The molecule has 2 rings (SSSR count). The summed E-state index contributed by atoms with van der Waals surface area (Å²) in [6, 6.07) is 0. The van der Waals surface area contributed by atoms with Crippen LogP contribution in [0.4, 0.5) is 0 Å². The molecular formula is C8H12O. The first-order chi connectivity index (χ1) is 4.40. The molecule has 1 aliphatic carbocycles. The molecule has 0 aromatic heterocycles. The van der Waals surface area contributed by atoms with Crippen molar-refractivity contribution in [3.05, 3.63) is 12.7 Å². The van der Waals surface area contributed by atoms with Crippen LogP contribution < -0.4 is 0 Å². The minimum Gasteiger partial charge on any atom is -0.370 e. The summed E-state index contributed by atoms with van der Waals surface area (Å²) in [5.74, 6) is 0.895. The molecular weight excluding hydrogens is 112 g/mol. The van der Waals surface area contributed by atoms with E-state index in [9.17, 15) is 0 Å². The minimum absolute atomic E-state index is 0.648. The molecule has 2 unspecified atom stereocenters. The van der Waals surface area contributed by atoms with Gasteiger partial charge in [0.15, 0.2) is 0 Å². The van der Waals surface area contributed by atoms with Crippen molar-refractivity contribution in [2.24, 2.45) is 5.92 Å². The summed E-state index contributed by atoms with van der Waals surface area (Å²) in [5, 5.41) is 0. The molecule has 1 heteroatoms. The third kappa shape index (κ3) is 0.897. The van der Waals surface area contributed by atoms with Crippen molar-refractivity contribution < 1.29 is 4.74 Å². The Balaban J connectivity index is 1.83. The zero-order valence-electron chi connectivity index (χ0n) is 5.55. The second-order valence-corrected chi connectivity index (χ2v) is 3.07. The Morgan fingerprint density at radius 3 is 2.67 bits per heavy atom. The van der Waals surface area contributed by atoms with Gasteiger partial charge in [0.05, 0.1) is 12.2 Å². The van der Waals surface area contributed by atoms with E-state index in [1.165, 1.54) is 19.3 Å². The van der Waals surface area contributed by atoms with Gasteiger partial charge < -0.3 is 4.74 Å². The van der Waals surface area contributed by atoms with E-state index in [4.69, 9.17) is 4.74 Å². The number of rotatable bonds is 2. The quantitative estimate of drug-likeness (QED) is 0.403. The van der Waals surface area contributed by atoms with Gasteiger partial charge >= 0.3 is 0 Å². The van der Waals surface area contributed by atoms with E-state index in [0.717, 1.165) is 5.92 Å². The summed E-state index contributed by atoms with van der Waals surface area (Å²) in [5.41, 5.74) is 0. The lowest BCUT2D eigenvalue weighted by Gasteiger charge is -2.05. The topological polar surface area (TPSA) is 12.5 Å². The van der Waals surface area contributed by atoms with Gasteiger partial charge in [-0.25, -0.2) is 0 Å². The average Bonchev–Trinajstić information content (AvgIpc) is 2.42. The molecule has 1 nitrogen and oxygen atoms in total. The summed E-state index contributed by atoms with van der Waals surface area (Å²) in [6.45, 7) is 3.72. The van der Waals surface area contributed by atoms with Gasteiger partial charge in [0.2, 0.25) is 0 Å². The van der Waals surface area contributed by atoms with E-state index in [0.29, 0.717) is 12.2 Å². The first-order valence-electron chi connectivity index (χ1n) is 3.66. The number of fused-ring (bicyclic) bond motifs is 1. The number of epoxide rings is 1. The fraction of sp³-hybridized carbons (Fsp3) is 0.750. The fourth-order valence-corrected chi connectivity index (χ4v) is 1.78. The Morgan fingerprint density at radius 2 is 2.11 bits per heavy atom. The first-order valence-corrected chi connectivity index (χ1v) is 3.66. The summed E-state index contributed by atoms with van der Waals surface area (Å²) < 4.78 is 5.30. The lowest BCUT2D eigenvalue weighted by atomic mass is 10.0. The molecule has 0 spiro atoms. The Hall–Kier alpha value is -0.300. The van der Waals surface area contributed by atoms with Gasteiger partial charge in [0.25, 0.3) is 0 Å². The zero-order valence-corrected chi connectivity index (χ0v) is 5.55. The molecule has 0 aromatic carbocycles. The maximum atomic E-state index is 5.30. The Bertz CT molecular complexity index is 121. The van der Waals surface area contributed by atoms with Gasteiger partial charge in [-0.3, -0.25) is 0 Å². The standard InChI is InChI=1S/C8H12O/c1-2-3-6-4-7-8(5-6)9-7/h2,6-8H,1,3-5H2. The van der Waals surface area contributed by atoms with Crippen LogP contribution in [0.15, 0.2) is 12.7 Å². The lowest BCUT2D eigenvalue weighted by Crippen LogP contribution is -1.96. The zero-order chi connectivity index (χ0) is 6.27. The van der Waals surface area contributed by atoms with E-state index in [-0.39, 0.29) is 0 Å². The molecule has 0 N–H and O–H groups in total. The molecule has 2 aliphatic rings. The van der Waals surface area contributed by atoms with Crippen LogP contribution in [0.1, 0.15) is 19.3 Å². The minimum atomic E-state index is 0.648. The van der Waals surface area contributed by atoms with Crippen molar-refractivity contribution in [1.82, 2.24) is 0 Å². The van der Waals surface area contributed by atoms with Crippen molar-refractivity contribution >= 4 is 0 Å². The van der Waals surface area contributed by atoms with Gasteiger partial charge in [-0.1, -0.05) is 6.08 Å². The molecule has 9 heavy (non-hydrogen) atoms. The van der Waals surface area contributed by atoms with E-state index in [1.54, 1.807) is 0 Å². The Labute approximate surface area is 55.7 Å². The van der Waals surface area contributed by atoms with Crippen molar-refractivity contribution in [3.8, 4) is 0 Å². The monoisotopic (exact) mass is 124 g/mol. The Morgan fingerprint density at radius 1 is 1.44 bits per heavy atom. The van der Waals surface area contributed by atoms with Crippen LogP contribution in [0.2, 0.25) is 0 Å². The van der Waals surface area contributed by atoms with Crippen LogP contribution in [0.5, 0.6) is 0 Å². The maximum Gasteiger partial charge on any atom is 0.0844 e. The van der Waals surface area contributed by atoms with Gasteiger partial charge in [-0.2, -0.15) is 0 Å². The molecule has 1 aliphatic heterocycles. The van der Waals surface area contributed by atoms with Gasteiger partial charge in [0, 0.05) is 0 Å². The third-order valence-corrected chi connectivity index (χ3v) is 2.32. The van der Waals surface area contributed by atoms with Crippen molar-refractivity contribution in [3.63, 3.8) is 0 Å². The number of hydrogen-bond acceptors (Lipinski definition) is 1. The molecule has 2 atom stereocenters. The number of ether oxygens (including phenoxy) is 1. The summed E-state index contributed by atoms with van der Waals surface area (Å²) in [4.78, 5) is 0. The van der Waals surface area contributed by atoms with Gasteiger partial charge in [0.1, 0.15) is 0 Å². The normalized spacial score (nSPS) is 46.4. The van der Waals surface area contributed by atoms with Crippen LogP contribution >= 0.6 is 0 Å². The SMILES string of the molecule is C=CCC1CC2OC2C1. The lowest BCUT2D eigenvalue weighted by molar-refractivity contribution is 0.274. The van der Waals surface area contributed by atoms with E-state index in [1.807, 2.05) is 6.08 Å². The van der Waals surface area contributed by atoms with E-state index in [2.05, 4.69) is 6.58 Å². The Kier molecular flexibility index (Phi) is 1.12. The van der Waals surface area contributed by atoms with E-state index >= 15 is 0 Å². The molecule has 1 saturated carbocycles. The maximum absolute atomic E-state index is 5.30.